The summed E-state index contributed by atoms with van der Waals surface area (Å²) in [6.07, 6.45) is 3.18. The molecule has 2 heterocycles. The molecule has 2 aromatic rings. The van der Waals surface area contributed by atoms with Crippen molar-refractivity contribution in [1.29, 1.82) is 0 Å². The van der Waals surface area contributed by atoms with Crippen LogP contribution in [0.25, 0.3) is 5.57 Å². The summed E-state index contributed by atoms with van der Waals surface area (Å²) in [5, 5.41) is 0.594. The number of carbonyl (C=O) groups is 2. The van der Waals surface area contributed by atoms with E-state index in [-0.39, 0.29) is 18.4 Å². The number of ether oxygens (including phenoxy) is 1. The molecule has 0 spiro atoms. The highest BCUT2D eigenvalue weighted by atomic mass is 35.5. The number of hydrogen-bond acceptors (Lipinski definition) is 4. The normalized spacial score (nSPS) is 17.3. The van der Waals surface area contributed by atoms with E-state index in [4.69, 9.17) is 16.3 Å². The molecule has 2 amide bonds. The van der Waals surface area contributed by atoms with Gasteiger partial charge in [0.2, 0.25) is 0 Å². The molecule has 4 rings (SSSR count). The summed E-state index contributed by atoms with van der Waals surface area (Å²) in [6, 6.07) is 14.6. The highest BCUT2D eigenvalue weighted by Crippen LogP contribution is 2.35. The zero-order valence-corrected chi connectivity index (χ0v) is 17.1. The van der Waals surface area contributed by atoms with Crippen LogP contribution < -0.4 is 4.74 Å². The van der Waals surface area contributed by atoms with E-state index in [1.54, 1.807) is 31.4 Å². The predicted molar refractivity (Wildman–Crippen MR) is 112 cm³/mol. The Hall–Kier alpha value is -2.79. The van der Waals surface area contributed by atoms with E-state index in [9.17, 15) is 9.59 Å². The lowest BCUT2D eigenvalue weighted by molar-refractivity contribution is -0.138. The minimum atomic E-state index is -0.274. The maximum absolute atomic E-state index is 13.4. The third-order valence-corrected chi connectivity index (χ3v) is 5.72. The molecule has 0 saturated carbocycles. The minimum Gasteiger partial charge on any atom is -0.496 e. The number of carbonyl (C=O) groups excluding carboxylic acids is 2. The van der Waals surface area contributed by atoms with Gasteiger partial charge in [-0.1, -0.05) is 41.9 Å². The number of piperidine rings is 1. The van der Waals surface area contributed by atoms with Crippen LogP contribution in [0.15, 0.2) is 54.2 Å². The topological polar surface area (TPSA) is 49.9 Å². The average molecular weight is 411 g/mol. The Morgan fingerprint density at radius 2 is 1.62 bits per heavy atom. The van der Waals surface area contributed by atoms with Crippen molar-refractivity contribution in [2.45, 2.75) is 25.8 Å². The van der Waals surface area contributed by atoms with Crippen LogP contribution in [0.3, 0.4) is 0 Å². The van der Waals surface area contributed by atoms with E-state index in [1.165, 1.54) is 4.90 Å². The summed E-state index contributed by atoms with van der Waals surface area (Å²) in [4.78, 5) is 30.2. The summed E-state index contributed by atoms with van der Waals surface area (Å²) < 4.78 is 5.41. The monoisotopic (exact) mass is 410 g/mol. The average Bonchev–Trinajstić information content (AvgIpc) is 3.00. The third kappa shape index (κ3) is 3.75. The Morgan fingerprint density at radius 1 is 0.931 bits per heavy atom. The first-order valence-corrected chi connectivity index (χ1v) is 10.2. The molecule has 29 heavy (non-hydrogen) atoms. The molecule has 0 aliphatic carbocycles. The Balaban J connectivity index is 1.74. The summed E-state index contributed by atoms with van der Waals surface area (Å²) in [5.41, 5.74) is 2.48. The van der Waals surface area contributed by atoms with Gasteiger partial charge >= 0.3 is 0 Å². The van der Waals surface area contributed by atoms with Crippen LogP contribution in [-0.2, 0) is 16.1 Å². The Kier molecular flexibility index (Phi) is 5.58. The van der Waals surface area contributed by atoms with Crippen molar-refractivity contribution >= 4 is 29.0 Å². The van der Waals surface area contributed by atoms with Gasteiger partial charge in [0.15, 0.2) is 0 Å². The van der Waals surface area contributed by atoms with Gasteiger partial charge in [0.25, 0.3) is 11.8 Å². The lowest BCUT2D eigenvalue weighted by Crippen LogP contribution is -2.37. The number of para-hydroxylation sites is 1. The van der Waals surface area contributed by atoms with Crippen LogP contribution in [0.5, 0.6) is 5.75 Å². The fourth-order valence-corrected chi connectivity index (χ4v) is 4.12. The molecule has 0 radical (unpaired) electrons. The van der Waals surface area contributed by atoms with Crippen molar-refractivity contribution in [3.8, 4) is 5.75 Å². The fraction of sp³-hybridized carbons (Fsp3) is 0.304. The highest BCUT2D eigenvalue weighted by molar-refractivity contribution is 6.36. The van der Waals surface area contributed by atoms with Crippen LogP contribution in [0, 0.1) is 0 Å². The highest BCUT2D eigenvalue weighted by Gasteiger charge is 2.41. The molecule has 5 nitrogen and oxygen atoms in total. The van der Waals surface area contributed by atoms with Gasteiger partial charge in [-0.3, -0.25) is 14.5 Å². The molecule has 2 aromatic carbocycles. The molecule has 150 valence electrons. The SMILES string of the molecule is COc1ccccc1CN1C(=O)C(c2ccc(Cl)cc2)=C(N2CCCCC2)C1=O. The molecule has 1 fully saturated rings. The van der Waals surface area contributed by atoms with Crippen molar-refractivity contribution in [3.05, 3.63) is 70.4 Å². The molecule has 0 bridgehead atoms. The van der Waals surface area contributed by atoms with E-state index < -0.39 is 0 Å². The van der Waals surface area contributed by atoms with Crippen molar-refractivity contribution in [2.75, 3.05) is 20.2 Å². The number of nitrogens with zero attached hydrogens (tertiary/aromatic N) is 2. The third-order valence-electron chi connectivity index (χ3n) is 5.47. The molecule has 0 atom stereocenters. The minimum absolute atomic E-state index is 0.177. The van der Waals surface area contributed by atoms with Crippen LogP contribution in [0.2, 0.25) is 5.02 Å². The van der Waals surface area contributed by atoms with Gasteiger partial charge in [0.05, 0.1) is 19.2 Å². The molecule has 0 aromatic heterocycles. The van der Waals surface area contributed by atoms with Gasteiger partial charge in [0.1, 0.15) is 11.4 Å². The van der Waals surface area contributed by atoms with Crippen molar-refractivity contribution in [3.63, 3.8) is 0 Å². The second-order valence-corrected chi connectivity index (χ2v) is 7.72. The Labute approximate surface area is 175 Å². The quantitative estimate of drug-likeness (QED) is 0.696. The van der Waals surface area contributed by atoms with Gasteiger partial charge in [-0.25, -0.2) is 0 Å². The number of benzene rings is 2. The Bertz CT molecular complexity index is 962. The lowest BCUT2D eigenvalue weighted by Gasteiger charge is -2.29. The maximum Gasteiger partial charge on any atom is 0.278 e. The number of halogens is 1. The molecule has 2 aliphatic heterocycles. The van der Waals surface area contributed by atoms with E-state index in [1.807, 2.05) is 24.3 Å². The van der Waals surface area contributed by atoms with Gasteiger partial charge in [-0.05, 0) is 43.0 Å². The van der Waals surface area contributed by atoms with Gasteiger partial charge in [-0.15, -0.1) is 0 Å². The van der Waals surface area contributed by atoms with E-state index in [0.717, 1.165) is 43.5 Å². The largest absolute Gasteiger partial charge is 0.496 e. The standard InChI is InChI=1S/C23H23ClN2O3/c1-29-19-8-4-3-7-17(19)15-26-22(27)20(16-9-11-18(24)12-10-16)21(23(26)28)25-13-5-2-6-14-25/h3-4,7-12H,2,5-6,13-15H2,1H3. The summed E-state index contributed by atoms with van der Waals surface area (Å²) in [5.74, 6) is 0.143. The molecule has 1 saturated heterocycles. The molecule has 0 unspecified atom stereocenters. The predicted octanol–water partition coefficient (Wildman–Crippen LogP) is 4.11. The number of amides is 2. The van der Waals surface area contributed by atoms with Crippen molar-refractivity contribution < 1.29 is 14.3 Å². The van der Waals surface area contributed by atoms with Crippen molar-refractivity contribution in [1.82, 2.24) is 9.80 Å². The second-order valence-electron chi connectivity index (χ2n) is 7.29. The maximum atomic E-state index is 13.4. The second kappa shape index (κ2) is 8.29. The zero-order valence-electron chi connectivity index (χ0n) is 16.4. The molecule has 0 N–H and O–H groups in total. The van der Waals surface area contributed by atoms with Crippen LogP contribution in [0.1, 0.15) is 30.4 Å². The summed E-state index contributed by atoms with van der Waals surface area (Å²) in [7, 11) is 1.59. The molecule has 2 aliphatic rings. The molecule has 6 heteroatoms. The first kappa shape index (κ1) is 19.5. The number of likely N-dealkylation sites (tertiary alicyclic amines) is 1. The number of hydrogen-bond donors (Lipinski definition) is 0. The number of methoxy groups -OCH3 is 1. The van der Waals surface area contributed by atoms with Crippen LogP contribution in [0.4, 0.5) is 0 Å². The molecular weight excluding hydrogens is 388 g/mol. The van der Waals surface area contributed by atoms with Gasteiger partial charge in [-0.2, -0.15) is 0 Å². The smallest absolute Gasteiger partial charge is 0.278 e. The molecular formula is C23H23ClN2O3. The van der Waals surface area contributed by atoms with E-state index in [0.29, 0.717) is 22.0 Å². The lowest BCUT2D eigenvalue weighted by atomic mass is 10.0. The Morgan fingerprint density at radius 3 is 2.31 bits per heavy atom. The first-order chi connectivity index (χ1) is 14.1. The van der Waals surface area contributed by atoms with Gasteiger partial charge in [0, 0.05) is 23.7 Å². The van der Waals surface area contributed by atoms with E-state index in [2.05, 4.69) is 4.90 Å². The van der Waals surface area contributed by atoms with Crippen LogP contribution in [-0.4, -0.2) is 41.8 Å². The van der Waals surface area contributed by atoms with Crippen LogP contribution >= 0.6 is 11.6 Å². The fourth-order valence-electron chi connectivity index (χ4n) is 4.00. The van der Waals surface area contributed by atoms with E-state index >= 15 is 0 Å². The first-order valence-electron chi connectivity index (χ1n) is 9.83. The van der Waals surface area contributed by atoms with Crippen molar-refractivity contribution in [2.24, 2.45) is 0 Å². The summed E-state index contributed by atoms with van der Waals surface area (Å²) in [6.45, 7) is 1.75. The zero-order chi connectivity index (χ0) is 20.4. The summed E-state index contributed by atoms with van der Waals surface area (Å²) >= 11 is 6.04. The van der Waals surface area contributed by atoms with Gasteiger partial charge < -0.3 is 9.64 Å². The number of imide groups is 1. The number of rotatable bonds is 5.